The minimum absolute atomic E-state index is 0.191. The molecular weight excluding hydrogens is 188 g/mol. The Bertz CT molecular complexity index is 525. The highest BCUT2D eigenvalue weighted by molar-refractivity contribution is 6.05. The number of carbonyl (C=O) groups excluding carboxylic acids is 1. The molecular formula is C12H12N2O. The van der Waals surface area contributed by atoms with Gasteiger partial charge >= 0.3 is 0 Å². The fraction of sp³-hybridized carbons (Fsp3) is 0.0833. The largest absolute Gasteiger partial charge is 0.349 e. The van der Waals surface area contributed by atoms with Crippen LogP contribution in [0.3, 0.4) is 0 Å². The van der Waals surface area contributed by atoms with Crippen molar-refractivity contribution in [3.8, 4) is 0 Å². The van der Waals surface area contributed by atoms with Crippen LogP contribution in [0.15, 0.2) is 43.1 Å². The average Bonchev–Trinajstić information content (AvgIpc) is 2.61. The van der Waals surface area contributed by atoms with Crippen molar-refractivity contribution < 1.29 is 4.79 Å². The number of amides is 1. The molecule has 0 unspecified atom stereocenters. The summed E-state index contributed by atoms with van der Waals surface area (Å²) in [5.41, 5.74) is 1.83. The first-order valence-electron chi connectivity index (χ1n) is 4.70. The molecule has 3 nitrogen and oxygen atoms in total. The van der Waals surface area contributed by atoms with E-state index in [1.54, 1.807) is 0 Å². The molecule has 2 rings (SSSR count). The lowest BCUT2D eigenvalue weighted by Crippen LogP contribution is -2.08. The molecule has 76 valence electrons. The van der Waals surface area contributed by atoms with Gasteiger partial charge in [0.25, 0.3) is 0 Å². The molecule has 1 N–H and O–H groups in total. The second kappa shape index (κ2) is 3.61. The lowest BCUT2D eigenvalue weighted by Gasteiger charge is -2.06. The van der Waals surface area contributed by atoms with Crippen LogP contribution in [0.25, 0.3) is 10.9 Å². The summed E-state index contributed by atoms with van der Waals surface area (Å²) in [5.74, 6) is -0.191. The molecule has 0 bridgehead atoms. The van der Waals surface area contributed by atoms with Crippen molar-refractivity contribution in [1.29, 1.82) is 0 Å². The molecule has 3 heteroatoms. The smallest absolute Gasteiger partial charge is 0.247 e. The SMILES string of the molecule is C=CC(=O)Nc1cccc2ccn(C)c12. The molecule has 1 aromatic heterocycles. The van der Waals surface area contributed by atoms with E-state index in [2.05, 4.69) is 11.9 Å². The normalized spacial score (nSPS) is 10.2. The maximum atomic E-state index is 11.2. The van der Waals surface area contributed by atoms with Crippen LogP contribution < -0.4 is 5.32 Å². The van der Waals surface area contributed by atoms with E-state index in [-0.39, 0.29) is 5.91 Å². The molecule has 1 aromatic carbocycles. The van der Waals surface area contributed by atoms with Crippen molar-refractivity contribution in [2.24, 2.45) is 7.05 Å². The minimum atomic E-state index is -0.191. The molecule has 1 amide bonds. The number of para-hydroxylation sites is 1. The summed E-state index contributed by atoms with van der Waals surface area (Å²) in [7, 11) is 1.95. The van der Waals surface area contributed by atoms with E-state index in [0.29, 0.717) is 0 Å². The molecule has 15 heavy (non-hydrogen) atoms. The minimum Gasteiger partial charge on any atom is -0.349 e. The molecule has 0 saturated carbocycles. The quantitative estimate of drug-likeness (QED) is 0.741. The maximum Gasteiger partial charge on any atom is 0.247 e. The monoisotopic (exact) mass is 200 g/mol. The molecule has 0 aliphatic carbocycles. The van der Waals surface area contributed by atoms with E-state index < -0.39 is 0 Å². The zero-order chi connectivity index (χ0) is 10.8. The van der Waals surface area contributed by atoms with E-state index >= 15 is 0 Å². The Kier molecular flexibility index (Phi) is 2.29. The standard InChI is InChI=1S/C12H12N2O/c1-3-11(15)13-10-6-4-5-9-7-8-14(2)12(9)10/h3-8H,1H2,2H3,(H,13,15). The van der Waals surface area contributed by atoms with Gasteiger partial charge in [-0.05, 0) is 18.2 Å². The van der Waals surface area contributed by atoms with Crippen LogP contribution in [-0.2, 0) is 11.8 Å². The molecule has 0 saturated heterocycles. The number of hydrogen-bond acceptors (Lipinski definition) is 1. The van der Waals surface area contributed by atoms with Gasteiger partial charge in [-0.2, -0.15) is 0 Å². The van der Waals surface area contributed by atoms with Crippen LogP contribution in [0.1, 0.15) is 0 Å². The molecule has 0 radical (unpaired) electrons. The number of carbonyl (C=O) groups is 1. The molecule has 0 fully saturated rings. The van der Waals surface area contributed by atoms with Gasteiger partial charge in [0.2, 0.25) is 5.91 Å². The zero-order valence-electron chi connectivity index (χ0n) is 8.53. The van der Waals surface area contributed by atoms with Crippen molar-refractivity contribution in [3.05, 3.63) is 43.1 Å². The van der Waals surface area contributed by atoms with E-state index in [9.17, 15) is 4.79 Å². The number of anilines is 1. The van der Waals surface area contributed by atoms with Gasteiger partial charge in [-0.3, -0.25) is 4.79 Å². The number of aromatic nitrogens is 1. The van der Waals surface area contributed by atoms with Crippen LogP contribution in [0.2, 0.25) is 0 Å². The zero-order valence-corrected chi connectivity index (χ0v) is 8.53. The number of aryl methyl sites for hydroxylation is 1. The van der Waals surface area contributed by atoms with Gasteiger partial charge in [0, 0.05) is 18.6 Å². The number of nitrogens with zero attached hydrogens (tertiary/aromatic N) is 1. The highest BCUT2D eigenvalue weighted by atomic mass is 16.1. The topological polar surface area (TPSA) is 34.0 Å². The fourth-order valence-electron chi connectivity index (χ4n) is 1.64. The first-order chi connectivity index (χ1) is 7.22. The van der Waals surface area contributed by atoms with Crippen LogP contribution in [0.5, 0.6) is 0 Å². The van der Waals surface area contributed by atoms with Crippen molar-refractivity contribution in [2.75, 3.05) is 5.32 Å². The van der Waals surface area contributed by atoms with Gasteiger partial charge < -0.3 is 9.88 Å². The number of hydrogen-bond donors (Lipinski definition) is 1. The highest BCUT2D eigenvalue weighted by Gasteiger charge is 2.05. The third kappa shape index (κ3) is 1.64. The highest BCUT2D eigenvalue weighted by Crippen LogP contribution is 2.23. The van der Waals surface area contributed by atoms with Crippen molar-refractivity contribution in [2.45, 2.75) is 0 Å². The molecule has 2 aromatic rings. The lowest BCUT2D eigenvalue weighted by molar-refractivity contribution is -0.111. The molecule has 0 atom stereocenters. The summed E-state index contributed by atoms with van der Waals surface area (Å²) in [4.78, 5) is 11.2. The first-order valence-corrected chi connectivity index (χ1v) is 4.70. The first kappa shape index (κ1) is 9.52. The van der Waals surface area contributed by atoms with E-state index in [1.807, 2.05) is 42.1 Å². The summed E-state index contributed by atoms with van der Waals surface area (Å²) in [6, 6.07) is 7.82. The van der Waals surface area contributed by atoms with E-state index in [4.69, 9.17) is 0 Å². The number of fused-ring (bicyclic) bond motifs is 1. The summed E-state index contributed by atoms with van der Waals surface area (Å²) < 4.78 is 1.98. The predicted octanol–water partition coefficient (Wildman–Crippen LogP) is 2.30. The van der Waals surface area contributed by atoms with Crippen LogP contribution in [-0.4, -0.2) is 10.5 Å². The Morgan fingerprint density at radius 2 is 2.27 bits per heavy atom. The Morgan fingerprint density at radius 1 is 1.47 bits per heavy atom. The Balaban J connectivity index is 2.54. The number of nitrogens with one attached hydrogen (secondary N) is 1. The molecule has 0 aliphatic heterocycles. The van der Waals surface area contributed by atoms with Crippen molar-refractivity contribution >= 4 is 22.5 Å². The third-order valence-electron chi connectivity index (χ3n) is 2.34. The van der Waals surface area contributed by atoms with Gasteiger partial charge in [-0.15, -0.1) is 0 Å². The van der Waals surface area contributed by atoms with Gasteiger partial charge in [0.15, 0.2) is 0 Å². The van der Waals surface area contributed by atoms with Crippen LogP contribution in [0, 0.1) is 0 Å². The van der Waals surface area contributed by atoms with Gasteiger partial charge in [0.1, 0.15) is 0 Å². The van der Waals surface area contributed by atoms with Crippen LogP contribution in [0.4, 0.5) is 5.69 Å². The fourth-order valence-corrected chi connectivity index (χ4v) is 1.64. The second-order valence-electron chi connectivity index (χ2n) is 3.36. The lowest BCUT2D eigenvalue weighted by atomic mass is 10.2. The number of rotatable bonds is 2. The average molecular weight is 200 g/mol. The van der Waals surface area contributed by atoms with E-state index in [1.165, 1.54) is 6.08 Å². The van der Waals surface area contributed by atoms with Crippen molar-refractivity contribution in [3.63, 3.8) is 0 Å². The van der Waals surface area contributed by atoms with Gasteiger partial charge in [-0.25, -0.2) is 0 Å². The van der Waals surface area contributed by atoms with Gasteiger partial charge in [0.05, 0.1) is 11.2 Å². The van der Waals surface area contributed by atoms with E-state index in [0.717, 1.165) is 16.6 Å². The summed E-state index contributed by atoms with van der Waals surface area (Å²) in [5, 5.41) is 3.89. The third-order valence-corrected chi connectivity index (χ3v) is 2.34. The van der Waals surface area contributed by atoms with Crippen LogP contribution >= 0.6 is 0 Å². The second-order valence-corrected chi connectivity index (χ2v) is 3.36. The molecule has 0 aliphatic rings. The van der Waals surface area contributed by atoms with Gasteiger partial charge in [-0.1, -0.05) is 18.7 Å². The summed E-state index contributed by atoms with van der Waals surface area (Å²) in [6.45, 7) is 3.43. The Hall–Kier alpha value is -2.03. The summed E-state index contributed by atoms with van der Waals surface area (Å²) >= 11 is 0. The van der Waals surface area contributed by atoms with Crippen molar-refractivity contribution in [1.82, 2.24) is 4.57 Å². The number of benzene rings is 1. The maximum absolute atomic E-state index is 11.2. The Labute approximate surface area is 88.0 Å². The predicted molar refractivity (Wildman–Crippen MR) is 61.7 cm³/mol. The Morgan fingerprint density at radius 3 is 3.00 bits per heavy atom. The molecule has 0 spiro atoms. The summed E-state index contributed by atoms with van der Waals surface area (Å²) in [6.07, 6.45) is 3.23. The molecule has 1 heterocycles.